The molecule has 124 valence electrons. The van der Waals surface area contributed by atoms with Gasteiger partial charge in [-0.1, -0.05) is 0 Å². The number of Topliss-reactive ketones (excluding diaryl/α,β-unsaturated/α-hetero) is 1. The molecular formula is C12H21N5O5. The van der Waals surface area contributed by atoms with Crippen molar-refractivity contribution in [1.29, 1.82) is 0 Å². The largest absolute Gasteiger partial charge is 0.370 e. The third-order valence-corrected chi connectivity index (χ3v) is 2.72. The van der Waals surface area contributed by atoms with Gasteiger partial charge in [0.2, 0.25) is 17.7 Å². The van der Waals surface area contributed by atoms with Crippen LogP contribution >= 0.6 is 0 Å². The Morgan fingerprint density at radius 1 is 0.864 bits per heavy atom. The summed E-state index contributed by atoms with van der Waals surface area (Å²) in [5.41, 5.74) is 9.86. The summed E-state index contributed by atoms with van der Waals surface area (Å²) in [4.78, 5) is 56.3. The number of hydrogen-bond donors (Lipinski definition) is 5. The summed E-state index contributed by atoms with van der Waals surface area (Å²) in [7, 11) is 0. The highest BCUT2D eigenvalue weighted by atomic mass is 16.2. The average molecular weight is 315 g/mol. The molecule has 3 atom stereocenters. The number of nitrogens with one attached hydrogen (secondary N) is 3. The molecule has 0 aliphatic heterocycles. The van der Waals surface area contributed by atoms with Crippen molar-refractivity contribution in [3.63, 3.8) is 0 Å². The summed E-state index contributed by atoms with van der Waals surface area (Å²) in [6.07, 6.45) is -0.332. The summed E-state index contributed by atoms with van der Waals surface area (Å²) in [6, 6.07) is -3.84. The molecule has 0 aromatic rings. The molecule has 0 aromatic heterocycles. The SMILES string of the molecule is CC(=O)C(CC(N)=O)NC(=O)C(C)NC(=O)C(C)NC(N)=O. The lowest BCUT2D eigenvalue weighted by Crippen LogP contribution is -2.54. The molecule has 10 nitrogen and oxygen atoms in total. The monoisotopic (exact) mass is 315 g/mol. The first-order chi connectivity index (χ1) is 10.0. The van der Waals surface area contributed by atoms with Crippen LogP contribution in [0.2, 0.25) is 0 Å². The molecule has 0 fully saturated rings. The Hall–Kier alpha value is -2.65. The molecule has 0 aliphatic rings. The van der Waals surface area contributed by atoms with Crippen LogP contribution in [0.25, 0.3) is 0 Å². The number of carbonyl (C=O) groups is 5. The van der Waals surface area contributed by atoms with Gasteiger partial charge in [-0.05, 0) is 20.8 Å². The molecule has 3 unspecified atom stereocenters. The fourth-order valence-electron chi connectivity index (χ4n) is 1.48. The summed E-state index contributed by atoms with van der Waals surface area (Å²) in [5.74, 6) is -2.47. The van der Waals surface area contributed by atoms with Gasteiger partial charge in [0.25, 0.3) is 0 Å². The lowest BCUT2D eigenvalue weighted by Gasteiger charge is -2.20. The summed E-state index contributed by atoms with van der Waals surface area (Å²) in [5, 5.41) is 6.80. The number of ketones is 1. The second-order valence-corrected chi connectivity index (χ2v) is 4.80. The first-order valence-electron chi connectivity index (χ1n) is 6.50. The highest BCUT2D eigenvalue weighted by Gasteiger charge is 2.24. The Kier molecular flexibility index (Phi) is 7.56. The van der Waals surface area contributed by atoms with E-state index in [4.69, 9.17) is 11.5 Å². The summed E-state index contributed by atoms with van der Waals surface area (Å²) >= 11 is 0. The van der Waals surface area contributed by atoms with Crippen molar-refractivity contribution in [3.8, 4) is 0 Å². The Morgan fingerprint density at radius 3 is 1.73 bits per heavy atom. The zero-order chi connectivity index (χ0) is 17.4. The maximum atomic E-state index is 11.9. The van der Waals surface area contributed by atoms with Crippen LogP contribution in [0.1, 0.15) is 27.2 Å². The predicted molar refractivity (Wildman–Crippen MR) is 76.2 cm³/mol. The van der Waals surface area contributed by atoms with Crippen LogP contribution in [0.15, 0.2) is 0 Å². The number of carbonyl (C=O) groups excluding carboxylic acids is 5. The van der Waals surface area contributed by atoms with Gasteiger partial charge >= 0.3 is 6.03 Å². The van der Waals surface area contributed by atoms with Gasteiger partial charge < -0.3 is 27.4 Å². The molecule has 0 heterocycles. The van der Waals surface area contributed by atoms with Crippen molar-refractivity contribution in [2.75, 3.05) is 0 Å². The average Bonchev–Trinajstić information content (AvgIpc) is 2.35. The van der Waals surface area contributed by atoms with Crippen LogP contribution < -0.4 is 27.4 Å². The zero-order valence-corrected chi connectivity index (χ0v) is 12.6. The number of primary amides is 2. The van der Waals surface area contributed by atoms with Crippen molar-refractivity contribution in [2.24, 2.45) is 11.5 Å². The van der Waals surface area contributed by atoms with E-state index >= 15 is 0 Å². The number of hydrogen-bond acceptors (Lipinski definition) is 5. The fraction of sp³-hybridized carbons (Fsp3) is 0.583. The maximum absolute atomic E-state index is 11.9. The van der Waals surface area contributed by atoms with Crippen molar-refractivity contribution in [1.82, 2.24) is 16.0 Å². The number of amides is 5. The van der Waals surface area contributed by atoms with Crippen LogP contribution in [0.3, 0.4) is 0 Å². The summed E-state index contributed by atoms with van der Waals surface area (Å²) in [6.45, 7) is 3.97. The van der Waals surface area contributed by atoms with E-state index in [2.05, 4.69) is 16.0 Å². The standard InChI is InChI=1S/C12H21N5O5/c1-5(15-10(20)6(2)16-12(14)22)11(21)17-8(7(3)18)4-9(13)19/h5-6,8H,4H2,1-3H3,(H2,13,19)(H,15,20)(H,17,21)(H3,14,16,22). The van der Waals surface area contributed by atoms with Crippen LogP contribution in [-0.2, 0) is 19.2 Å². The van der Waals surface area contributed by atoms with E-state index in [1.165, 1.54) is 20.8 Å². The first kappa shape index (κ1) is 19.4. The molecule has 7 N–H and O–H groups in total. The third-order valence-electron chi connectivity index (χ3n) is 2.72. The van der Waals surface area contributed by atoms with Gasteiger partial charge in [-0.15, -0.1) is 0 Å². The number of urea groups is 1. The van der Waals surface area contributed by atoms with E-state index in [9.17, 15) is 24.0 Å². The topological polar surface area (TPSA) is 173 Å². The highest BCUT2D eigenvalue weighted by molar-refractivity contribution is 5.95. The van der Waals surface area contributed by atoms with Crippen LogP contribution in [0.4, 0.5) is 4.79 Å². The third kappa shape index (κ3) is 7.22. The minimum absolute atomic E-state index is 0.332. The number of nitrogens with two attached hydrogens (primary N) is 2. The quantitative estimate of drug-likeness (QED) is 0.332. The van der Waals surface area contributed by atoms with Crippen LogP contribution in [0, 0.1) is 0 Å². The van der Waals surface area contributed by atoms with Gasteiger partial charge in [0.05, 0.1) is 12.5 Å². The Labute approximate surface area is 127 Å². The van der Waals surface area contributed by atoms with Crippen LogP contribution in [-0.4, -0.2) is 47.7 Å². The van der Waals surface area contributed by atoms with Gasteiger partial charge in [-0.3, -0.25) is 19.2 Å². The molecule has 0 saturated heterocycles. The van der Waals surface area contributed by atoms with Gasteiger partial charge in [0.1, 0.15) is 12.1 Å². The molecule has 0 spiro atoms. The molecule has 0 bridgehead atoms. The predicted octanol–water partition coefficient (Wildman–Crippen LogP) is -2.50. The minimum atomic E-state index is -1.05. The van der Waals surface area contributed by atoms with Crippen molar-refractivity contribution in [2.45, 2.75) is 45.3 Å². The summed E-state index contributed by atoms with van der Waals surface area (Å²) < 4.78 is 0. The van der Waals surface area contributed by atoms with Gasteiger partial charge in [-0.25, -0.2) is 4.79 Å². The van der Waals surface area contributed by atoms with Gasteiger partial charge in [0.15, 0.2) is 5.78 Å². The molecular weight excluding hydrogens is 294 g/mol. The molecule has 10 heteroatoms. The lowest BCUT2D eigenvalue weighted by atomic mass is 10.1. The fourth-order valence-corrected chi connectivity index (χ4v) is 1.48. The Morgan fingerprint density at radius 2 is 1.32 bits per heavy atom. The Bertz CT molecular complexity index is 479. The van der Waals surface area contributed by atoms with Gasteiger partial charge in [-0.2, -0.15) is 0 Å². The number of rotatable bonds is 8. The molecule has 5 amide bonds. The molecule has 0 aliphatic carbocycles. The first-order valence-corrected chi connectivity index (χ1v) is 6.50. The lowest BCUT2D eigenvalue weighted by molar-refractivity contribution is -0.132. The second kappa shape index (κ2) is 8.60. The van der Waals surface area contributed by atoms with E-state index in [0.717, 1.165) is 0 Å². The maximum Gasteiger partial charge on any atom is 0.312 e. The van der Waals surface area contributed by atoms with E-state index in [1.807, 2.05) is 0 Å². The van der Waals surface area contributed by atoms with Crippen molar-refractivity contribution >= 4 is 29.5 Å². The molecule has 0 radical (unpaired) electrons. The zero-order valence-electron chi connectivity index (χ0n) is 12.6. The van der Waals surface area contributed by atoms with E-state index in [-0.39, 0.29) is 6.42 Å². The normalized spacial score (nSPS) is 14.1. The molecule has 22 heavy (non-hydrogen) atoms. The van der Waals surface area contributed by atoms with E-state index in [1.54, 1.807) is 0 Å². The highest BCUT2D eigenvalue weighted by Crippen LogP contribution is 1.95. The van der Waals surface area contributed by atoms with Gasteiger partial charge in [0, 0.05) is 0 Å². The smallest absolute Gasteiger partial charge is 0.312 e. The van der Waals surface area contributed by atoms with Crippen LogP contribution in [0.5, 0.6) is 0 Å². The second-order valence-electron chi connectivity index (χ2n) is 4.80. The molecule has 0 aromatic carbocycles. The molecule has 0 saturated carbocycles. The van der Waals surface area contributed by atoms with Crippen molar-refractivity contribution in [3.05, 3.63) is 0 Å². The van der Waals surface area contributed by atoms with Crippen molar-refractivity contribution < 1.29 is 24.0 Å². The Balaban J connectivity index is 4.58. The minimum Gasteiger partial charge on any atom is -0.370 e. The molecule has 0 rings (SSSR count). The van der Waals surface area contributed by atoms with E-state index in [0.29, 0.717) is 0 Å². The van der Waals surface area contributed by atoms with E-state index < -0.39 is 47.7 Å².